The van der Waals surface area contributed by atoms with Gasteiger partial charge in [0.2, 0.25) is 0 Å². The molecule has 0 unspecified atom stereocenters. The Bertz CT molecular complexity index is 793. The molecule has 0 bridgehead atoms. The van der Waals surface area contributed by atoms with Gasteiger partial charge in [-0.3, -0.25) is 0 Å². The molecular weight excluding hydrogens is 405 g/mol. The summed E-state index contributed by atoms with van der Waals surface area (Å²) in [6.07, 6.45) is 1.34. The number of amides is 1. The summed E-state index contributed by atoms with van der Waals surface area (Å²) in [5, 5.41) is 2.76. The average molecular weight is 437 g/mol. The summed E-state index contributed by atoms with van der Waals surface area (Å²) >= 11 is 1.31. The molecule has 0 aliphatic carbocycles. The number of carbonyl (C=O) groups is 2. The normalized spacial score (nSPS) is 18.3. The third-order valence-electron chi connectivity index (χ3n) is 4.82. The lowest BCUT2D eigenvalue weighted by Gasteiger charge is -2.32. The number of esters is 1. The fraction of sp³-hybridized carbons (Fsp3) is 0.619. The van der Waals surface area contributed by atoms with Crippen molar-refractivity contribution in [1.82, 2.24) is 5.32 Å². The third-order valence-corrected chi connectivity index (χ3v) is 5.84. The monoisotopic (exact) mass is 437 g/mol. The van der Waals surface area contributed by atoms with Crippen LogP contribution >= 0.6 is 11.3 Å². The van der Waals surface area contributed by atoms with Crippen molar-refractivity contribution < 1.29 is 28.4 Å². The van der Waals surface area contributed by atoms with Gasteiger partial charge in [-0.15, -0.1) is 11.3 Å². The molecule has 0 radical (unpaired) electrons. The minimum Gasteiger partial charge on any atom is -0.462 e. The minimum atomic E-state index is -0.641. The van der Waals surface area contributed by atoms with Crippen LogP contribution in [0.15, 0.2) is 17.6 Å². The zero-order chi connectivity index (χ0) is 22.7. The SMILES string of the molecule is CCOC(=O)c1ccc(C=C(CNC(=O)OC(C)(C)C)B2OC(C)(C)C(C)(C)O2)s1. The summed E-state index contributed by atoms with van der Waals surface area (Å²) in [7, 11) is -0.641. The van der Waals surface area contributed by atoms with E-state index in [1.807, 2.05) is 39.8 Å². The Labute approximate surface area is 183 Å². The lowest BCUT2D eigenvalue weighted by molar-refractivity contribution is 0.00578. The van der Waals surface area contributed by atoms with Gasteiger partial charge < -0.3 is 24.1 Å². The molecule has 0 spiro atoms. The maximum Gasteiger partial charge on any atom is 0.492 e. The van der Waals surface area contributed by atoms with Gasteiger partial charge in [0.1, 0.15) is 10.5 Å². The van der Waals surface area contributed by atoms with E-state index in [-0.39, 0.29) is 12.5 Å². The molecule has 2 heterocycles. The van der Waals surface area contributed by atoms with E-state index in [9.17, 15) is 9.59 Å². The van der Waals surface area contributed by atoms with Crippen LogP contribution in [-0.2, 0) is 18.8 Å². The smallest absolute Gasteiger partial charge is 0.462 e. The summed E-state index contributed by atoms with van der Waals surface area (Å²) in [5.74, 6) is -0.355. The highest BCUT2D eigenvalue weighted by Gasteiger charge is 2.52. The lowest BCUT2D eigenvalue weighted by atomic mass is 9.77. The molecule has 9 heteroatoms. The van der Waals surface area contributed by atoms with Gasteiger partial charge in [-0.05, 0) is 79.1 Å². The van der Waals surface area contributed by atoms with Crippen LogP contribution < -0.4 is 5.32 Å². The van der Waals surface area contributed by atoms with Crippen LogP contribution in [0.25, 0.3) is 6.08 Å². The van der Waals surface area contributed by atoms with E-state index in [4.69, 9.17) is 18.8 Å². The topological polar surface area (TPSA) is 83.1 Å². The lowest BCUT2D eigenvalue weighted by Crippen LogP contribution is -2.41. The van der Waals surface area contributed by atoms with Crippen molar-refractivity contribution in [3.05, 3.63) is 27.4 Å². The molecule has 7 nitrogen and oxygen atoms in total. The Morgan fingerprint density at radius 2 is 1.77 bits per heavy atom. The van der Waals surface area contributed by atoms with E-state index >= 15 is 0 Å². The van der Waals surface area contributed by atoms with Crippen molar-refractivity contribution in [3.8, 4) is 0 Å². The summed E-state index contributed by atoms with van der Waals surface area (Å²) < 4.78 is 22.7. The first-order valence-electron chi connectivity index (χ1n) is 10.0. The van der Waals surface area contributed by atoms with Crippen molar-refractivity contribution in [2.24, 2.45) is 0 Å². The van der Waals surface area contributed by atoms with Gasteiger partial charge in [0.25, 0.3) is 0 Å². The number of hydrogen-bond donors (Lipinski definition) is 1. The summed E-state index contributed by atoms with van der Waals surface area (Å²) in [6.45, 7) is 15.6. The van der Waals surface area contributed by atoms with Crippen LogP contribution in [0.1, 0.15) is 69.9 Å². The highest BCUT2D eigenvalue weighted by Crippen LogP contribution is 2.39. The van der Waals surface area contributed by atoms with Crippen LogP contribution in [0, 0.1) is 0 Å². The Balaban J connectivity index is 2.24. The molecule has 30 heavy (non-hydrogen) atoms. The Morgan fingerprint density at radius 1 is 1.17 bits per heavy atom. The second kappa shape index (κ2) is 9.12. The zero-order valence-corrected chi connectivity index (χ0v) is 19.9. The van der Waals surface area contributed by atoms with Gasteiger partial charge in [-0.25, -0.2) is 9.59 Å². The van der Waals surface area contributed by atoms with Gasteiger partial charge in [-0.1, -0.05) is 0 Å². The van der Waals surface area contributed by atoms with Gasteiger partial charge in [0.15, 0.2) is 0 Å². The predicted octanol–water partition coefficient (Wildman–Crippen LogP) is 4.46. The van der Waals surface area contributed by atoms with Gasteiger partial charge in [0, 0.05) is 11.4 Å². The van der Waals surface area contributed by atoms with Crippen molar-refractivity contribution in [2.75, 3.05) is 13.2 Å². The first kappa shape index (κ1) is 24.4. The fourth-order valence-electron chi connectivity index (χ4n) is 2.61. The number of rotatable bonds is 6. The Morgan fingerprint density at radius 3 is 2.30 bits per heavy atom. The van der Waals surface area contributed by atoms with Gasteiger partial charge >= 0.3 is 19.2 Å². The first-order valence-corrected chi connectivity index (χ1v) is 10.9. The number of carbonyl (C=O) groups excluding carboxylic acids is 2. The molecule has 1 amide bonds. The molecule has 1 aromatic rings. The van der Waals surface area contributed by atoms with Gasteiger partial charge in [0.05, 0.1) is 17.8 Å². The molecule has 2 rings (SSSR count). The van der Waals surface area contributed by atoms with E-state index in [2.05, 4.69) is 5.32 Å². The van der Waals surface area contributed by atoms with Gasteiger partial charge in [-0.2, -0.15) is 0 Å². The number of hydrogen-bond acceptors (Lipinski definition) is 7. The molecule has 1 aliphatic rings. The van der Waals surface area contributed by atoms with Crippen LogP contribution in [0.3, 0.4) is 0 Å². The maximum absolute atomic E-state index is 12.1. The highest BCUT2D eigenvalue weighted by molar-refractivity contribution is 7.14. The van der Waals surface area contributed by atoms with Crippen molar-refractivity contribution >= 4 is 36.6 Å². The fourth-order valence-corrected chi connectivity index (χ4v) is 3.49. The number of ether oxygens (including phenoxy) is 2. The molecular formula is C21H32BNO6S. The summed E-state index contributed by atoms with van der Waals surface area (Å²) in [6, 6.07) is 3.55. The van der Waals surface area contributed by atoms with Crippen LogP contribution in [0.4, 0.5) is 4.79 Å². The number of alkyl carbamates (subject to hydrolysis) is 1. The van der Waals surface area contributed by atoms with E-state index in [0.29, 0.717) is 11.5 Å². The summed E-state index contributed by atoms with van der Waals surface area (Å²) in [5.41, 5.74) is -0.917. The third kappa shape index (κ3) is 6.33. The van der Waals surface area contributed by atoms with E-state index in [1.54, 1.807) is 33.8 Å². The maximum atomic E-state index is 12.1. The second-order valence-corrected chi connectivity index (χ2v) is 10.2. The van der Waals surface area contributed by atoms with Crippen molar-refractivity contribution in [1.29, 1.82) is 0 Å². The molecule has 166 valence electrons. The van der Waals surface area contributed by atoms with Crippen LogP contribution in [0.5, 0.6) is 0 Å². The molecule has 1 aliphatic heterocycles. The Hall–Kier alpha value is -1.84. The molecule has 0 aromatic carbocycles. The van der Waals surface area contributed by atoms with Crippen LogP contribution in [0.2, 0.25) is 0 Å². The second-order valence-electron chi connectivity index (χ2n) is 9.09. The molecule has 0 saturated carbocycles. The first-order chi connectivity index (χ1) is 13.7. The van der Waals surface area contributed by atoms with E-state index in [1.165, 1.54) is 11.3 Å². The molecule has 1 fully saturated rings. The zero-order valence-electron chi connectivity index (χ0n) is 19.1. The average Bonchev–Trinajstić information content (AvgIpc) is 3.12. The molecule has 1 saturated heterocycles. The molecule has 1 aromatic heterocycles. The standard InChI is InChI=1S/C21H32BNO6S/c1-9-26-17(24)16-11-10-15(30-16)12-14(13-23-18(25)27-19(2,3)4)22-28-20(5,6)21(7,8)29-22/h10-12H,9,13H2,1-8H3,(H,23,25). The quantitative estimate of drug-likeness (QED) is 0.523. The minimum absolute atomic E-state index is 0.179. The molecule has 0 atom stereocenters. The van der Waals surface area contributed by atoms with E-state index < -0.39 is 30.0 Å². The summed E-state index contributed by atoms with van der Waals surface area (Å²) in [4.78, 5) is 25.5. The van der Waals surface area contributed by atoms with Crippen LogP contribution in [-0.4, -0.2) is 49.1 Å². The van der Waals surface area contributed by atoms with Crippen molar-refractivity contribution in [2.45, 2.75) is 72.2 Å². The highest BCUT2D eigenvalue weighted by atomic mass is 32.1. The number of thiophene rings is 1. The Kier molecular flexibility index (Phi) is 7.43. The van der Waals surface area contributed by atoms with E-state index in [0.717, 1.165) is 10.3 Å². The number of nitrogens with one attached hydrogen (secondary N) is 1. The predicted molar refractivity (Wildman–Crippen MR) is 119 cm³/mol. The van der Waals surface area contributed by atoms with Crippen molar-refractivity contribution in [3.63, 3.8) is 0 Å². The largest absolute Gasteiger partial charge is 0.492 e. The molecule has 1 N–H and O–H groups in total.